The molecule has 0 radical (unpaired) electrons. The van der Waals surface area contributed by atoms with Crippen molar-refractivity contribution in [3.05, 3.63) is 54.6 Å². The number of ether oxygens (including phenoxy) is 2. The lowest BCUT2D eigenvalue weighted by atomic mass is 10.1. The summed E-state index contributed by atoms with van der Waals surface area (Å²) in [5.74, 6) is 1.16. The van der Waals surface area contributed by atoms with Crippen LogP contribution >= 0.6 is 0 Å². The van der Waals surface area contributed by atoms with Crippen LogP contribution in [0.5, 0.6) is 11.6 Å². The number of rotatable bonds is 6. The first kappa shape index (κ1) is 16.5. The minimum atomic E-state index is -0.211. The van der Waals surface area contributed by atoms with E-state index in [1.54, 1.807) is 13.2 Å². The smallest absolute Gasteiger partial charge is 0.234 e. The molecule has 0 aliphatic rings. The van der Waals surface area contributed by atoms with E-state index < -0.39 is 0 Å². The Morgan fingerprint density at radius 1 is 1.16 bits per heavy atom. The lowest BCUT2D eigenvalue weighted by molar-refractivity contribution is -0.115. The van der Waals surface area contributed by atoms with Crippen LogP contribution < -0.4 is 14.8 Å². The highest BCUT2D eigenvalue weighted by Gasteiger charge is 2.14. The summed E-state index contributed by atoms with van der Waals surface area (Å²) in [4.78, 5) is 21.0. The van der Waals surface area contributed by atoms with Gasteiger partial charge in [0.05, 0.1) is 39.4 Å². The van der Waals surface area contributed by atoms with Crippen molar-refractivity contribution in [2.45, 2.75) is 6.42 Å². The molecule has 128 valence electrons. The van der Waals surface area contributed by atoms with Crippen molar-refractivity contribution in [2.24, 2.45) is 0 Å². The van der Waals surface area contributed by atoms with Crippen LogP contribution in [0, 0.1) is 0 Å². The Morgan fingerprint density at radius 3 is 2.60 bits per heavy atom. The number of methoxy groups -OCH3 is 2. The van der Waals surface area contributed by atoms with E-state index in [-0.39, 0.29) is 12.3 Å². The monoisotopic (exact) mass is 339 g/mol. The SMILES string of the molecule is COc1ccc(CC(=O)Nc2nc(OC)cnc2-c2ccoc2)cc1. The molecular weight excluding hydrogens is 322 g/mol. The van der Waals surface area contributed by atoms with Gasteiger partial charge in [0.2, 0.25) is 11.8 Å². The molecule has 0 spiro atoms. The summed E-state index contributed by atoms with van der Waals surface area (Å²) in [5.41, 5.74) is 2.09. The van der Waals surface area contributed by atoms with Gasteiger partial charge in [0.1, 0.15) is 11.4 Å². The van der Waals surface area contributed by atoms with Crippen molar-refractivity contribution in [1.82, 2.24) is 9.97 Å². The fraction of sp³-hybridized carbons (Fsp3) is 0.167. The van der Waals surface area contributed by atoms with E-state index in [0.717, 1.165) is 16.9 Å². The van der Waals surface area contributed by atoms with Crippen LogP contribution in [0.25, 0.3) is 11.3 Å². The molecule has 0 atom stereocenters. The Morgan fingerprint density at radius 2 is 1.96 bits per heavy atom. The number of furan rings is 1. The molecule has 1 N–H and O–H groups in total. The van der Waals surface area contributed by atoms with Gasteiger partial charge in [0, 0.05) is 5.56 Å². The number of hydrogen-bond acceptors (Lipinski definition) is 6. The number of amides is 1. The third-order valence-corrected chi connectivity index (χ3v) is 3.54. The summed E-state index contributed by atoms with van der Waals surface area (Å²) >= 11 is 0. The van der Waals surface area contributed by atoms with Crippen LogP contribution in [-0.2, 0) is 11.2 Å². The summed E-state index contributed by atoms with van der Waals surface area (Å²) in [6.07, 6.45) is 4.76. The maximum Gasteiger partial charge on any atom is 0.234 e. The normalized spacial score (nSPS) is 10.3. The molecule has 0 fully saturated rings. The molecule has 0 unspecified atom stereocenters. The van der Waals surface area contributed by atoms with Crippen molar-refractivity contribution < 1.29 is 18.7 Å². The summed E-state index contributed by atoms with van der Waals surface area (Å²) in [6.45, 7) is 0. The van der Waals surface area contributed by atoms with Crippen LogP contribution in [0.15, 0.2) is 53.5 Å². The number of carbonyl (C=O) groups excluding carboxylic acids is 1. The van der Waals surface area contributed by atoms with Crippen LogP contribution in [0.2, 0.25) is 0 Å². The second-order valence-corrected chi connectivity index (χ2v) is 5.19. The van der Waals surface area contributed by atoms with Gasteiger partial charge in [-0.3, -0.25) is 4.79 Å². The molecule has 3 aromatic rings. The Hall–Kier alpha value is -3.35. The van der Waals surface area contributed by atoms with Gasteiger partial charge in [0.25, 0.3) is 0 Å². The van der Waals surface area contributed by atoms with Crippen LogP contribution in [-0.4, -0.2) is 30.1 Å². The summed E-state index contributed by atoms with van der Waals surface area (Å²) in [6, 6.07) is 9.05. The zero-order chi connectivity index (χ0) is 17.6. The first-order valence-corrected chi connectivity index (χ1v) is 7.56. The predicted molar refractivity (Wildman–Crippen MR) is 91.6 cm³/mol. The first-order chi connectivity index (χ1) is 12.2. The number of nitrogens with one attached hydrogen (secondary N) is 1. The topological polar surface area (TPSA) is 86.5 Å². The van der Waals surface area contributed by atoms with E-state index in [9.17, 15) is 4.79 Å². The molecule has 7 nitrogen and oxygen atoms in total. The highest BCUT2D eigenvalue weighted by atomic mass is 16.5. The van der Waals surface area contributed by atoms with Crippen molar-refractivity contribution >= 4 is 11.7 Å². The van der Waals surface area contributed by atoms with E-state index >= 15 is 0 Å². The second-order valence-electron chi connectivity index (χ2n) is 5.19. The van der Waals surface area contributed by atoms with E-state index in [2.05, 4.69) is 15.3 Å². The van der Waals surface area contributed by atoms with E-state index in [0.29, 0.717) is 17.4 Å². The quantitative estimate of drug-likeness (QED) is 0.743. The molecule has 1 amide bonds. The van der Waals surface area contributed by atoms with Gasteiger partial charge in [0.15, 0.2) is 5.82 Å². The van der Waals surface area contributed by atoms with Gasteiger partial charge in [-0.25, -0.2) is 4.98 Å². The largest absolute Gasteiger partial charge is 0.497 e. The molecular formula is C18H17N3O4. The van der Waals surface area contributed by atoms with Crippen LogP contribution in [0.4, 0.5) is 5.82 Å². The van der Waals surface area contributed by atoms with Crippen molar-refractivity contribution in [3.63, 3.8) is 0 Å². The first-order valence-electron chi connectivity index (χ1n) is 7.56. The average molecular weight is 339 g/mol. The minimum Gasteiger partial charge on any atom is -0.497 e. The number of hydrogen-bond donors (Lipinski definition) is 1. The van der Waals surface area contributed by atoms with Crippen LogP contribution in [0.1, 0.15) is 5.56 Å². The van der Waals surface area contributed by atoms with Gasteiger partial charge >= 0.3 is 0 Å². The Labute approximate surface area is 144 Å². The number of carbonyl (C=O) groups is 1. The summed E-state index contributed by atoms with van der Waals surface area (Å²) in [5, 5.41) is 2.79. The van der Waals surface area contributed by atoms with Gasteiger partial charge in [-0.05, 0) is 23.8 Å². The van der Waals surface area contributed by atoms with E-state index in [1.807, 2.05) is 24.3 Å². The minimum absolute atomic E-state index is 0.202. The Bertz CT molecular complexity index is 845. The van der Waals surface area contributed by atoms with Gasteiger partial charge < -0.3 is 19.2 Å². The Balaban J connectivity index is 1.79. The van der Waals surface area contributed by atoms with Crippen molar-refractivity contribution in [1.29, 1.82) is 0 Å². The fourth-order valence-corrected chi connectivity index (χ4v) is 2.27. The summed E-state index contributed by atoms with van der Waals surface area (Å²) in [7, 11) is 3.09. The molecule has 3 rings (SSSR count). The predicted octanol–water partition coefficient (Wildman–Crippen LogP) is 2.94. The molecule has 0 saturated heterocycles. The number of aromatic nitrogens is 2. The third kappa shape index (κ3) is 3.95. The van der Waals surface area contributed by atoms with Crippen LogP contribution in [0.3, 0.4) is 0 Å². The van der Waals surface area contributed by atoms with E-state index in [1.165, 1.54) is 25.8 Å². The van der Waals surface area contributed by atoms with Gasteiger partial charge in [-0.2, -0.15) is 4.98 Å². The third-order valence-electron chi connectivity index (χ3n) is 3.54. The molecule has 1 aromatic carbocycles. The highest BCUT2D eigenvalue weighted by molar-refractivity contribution is 5.94. The molecule has 0 aliphatic heterocycles. The van der Waals surface area contributed by atoms with Gasteiger partial charge in [-0.1, -0.05) is 12.1 Å². The standard InChI is InChI=1S/C18H17N3O4/c1-23-14-5-3-12(4-6-14)9-15(22)20-18-17(13-7-8-25-11-13)19-10-16(21-18)24-2/h3-8,10-11H,9H2,1-2H3,(H,20,21,22). The molecule has 25 heavy (non-hydrogen) atoms. The fourth-order valence-electron chi connectivity index (χ4n) is 2.27. The lowest BCUT2D eigenvalue weighted by Crippen LogP contribution is -2.16. The molecule has 7 heteroatoms. The lowest BCUT2D eigenvalue weighted by Gasteiger charge is -2.10. The maximum atomic E-state index is 12.4. The van der Waals surface area contributed by atoms with Gasteiger partial charge in [-0.15, -0.1) is 0 Å². The molecule has 0 bridgehead atoms. The number of benzene rings is 1. The van der Waals surface area contributed by atoms with E-state index in [4.69, 9.17) is 13.9 Å². The zero-order valence-electron chi connectivity index (χ0n) is 13.9. The van der Waals surface area contributed by atoms with Crippen molar-refractivity contribution in [3.8, 4) is 22.9 Å². The molecule has 0 aliphatic carbocycles. The second kappa shape index (κ2) is 7.48. The maximum absolute atomic E-state index is 12.4. The Kier molecular flexibility index (Phi) is 4.94. The molecule has 0 saturated carbocycles. The van der Waals surface area contributed by atoms with Crippen molar-refractivity contribution in [2.75, 3.05) is 19.5 Å². The molecule has 2 heterocycles. The highest BCUT2D eigenvalue weighted by Crippen LogP contribution is 2.26. The zero-order valence-corrected chi connectivity index (χ0v) is 13.9. The summed E-state index contributed by atoms with van der Waals surface area (Å²) < 4.78 is 15.3. The average Bonchev–Trinajstić information content (AvgIpc) is 3.16. The number of anilines is 1. The molecule has 2 aromatic heterocycles. The number of nitrogens with zero attached hydrogens (tertiary/aromatic N) is 2.